The smallest absolute Gasteiger partial charge is 0.411 e. The zero-order valence-electron chi connectivity index (χ0n) is 10.7. The number of aromatic nitrogens is 2. The summed E-state index contributed by atoms with van der Waals surface area (Å²) in [4.78, 5) is 20.2. The molecule has 2 aromatic rings. The quantitative estimate of drug-likeness (QED) is 0.883. The van der Waals surface area contributed by atoms with Crippen LogP contribution in [-0.4, -0.2) is 22.7 Å². The van der Waals surface area contributed by atoms with Crippen molar-refractivity contribution in [2.45, 2.75) is 20.8 Å². The van der Waals surface area contributed by atoms with Crippen molar-refractivity contribution < 1.29 is 9.53 Å². The number of nitrogens with zero attached hydrogens (tertiary/aromatic N) is 2. The number of aryl methyl sites for hydroxylation is 2. The van der Waals surface area contributed by atoms with Gasteiger partial charge in [0.25, 0.3) is 0 Å². The van der Waals surface area contributed by atoms with E-state index in [1.165, 1.54) is 0 Å². The molecule has 0 aliphatic rings. The Kier molecular flexibility index (Phi) is 3.41. The third-order valence-electron chi connectivity index (χ3n) is 2.60. The molecule has 0 saturated heterocycles. The van der Waals surface area contributed by atoms with Gasteiger partial charge in [-0.25, -0.2) is 14.8 Å². The van der Waals surface area contributed by atoms with Crippen LogP contribution in [-0.2, 0) is 4.74 Å². The Morgan fingerprint density at radius 1 is 1.22 bits per heavy atom. The van der Waals surface area contributed by atoms with Crippen molar-refractivity contribution in [1.29, 1.82) is 0 Å². The summed E-state index contributed by atoms with van der Waals surface area (Å²) in [6.07, 6.45) is -0.464. The van der Waals surface area contributed by atoms with E-state index in [1.807, 2.05) is 19.9 Å². The lowest BCUT2D eigenvalue weighted by molar-refractivity contribution is 0.168. The molecule has 0 unspecified atom stereocenters. The van der Waals surface area contributed by atoms with Gasteiger partial charge >= 0.3 is 6.09 Å². The van der Waals surface area contributed by atoms with Gasteiger partial charge < -0.3 is 4.74 Å². The summed E-state index contributed by atoms with van der Waals surface area (Å²) in [7, 11) is 0. The Balaban J connectivity index is 2.32. The van der Waals surface area contributed by atoms with Crippen LogP contribution in [0.2, 0.25) is 0 Å². The van der Waals surface area contributed by atoms with E-state index in [9.17, 15) is 4.79 Å². The van der Waals surface area contributed by atoms with Gasteiger partial charge in [0.1, 0.15) is 0 Å². The summed E-state index contributed by atoms with van der Waals surface area (Å²) in [5, 5.41) is 2.64. The molecule has 0 atom stereocenters. The molecule has 1 heterocycles. The second-order valence-electron chi connectivity index (χ2n) is 3.94. The molecule has 0 aliphatic carbocycles. The van der Waals surface area contributed by atoms with Crippen LogP contribution >= 0.6 is 0 Å². The first kappa shape index (κ1) is 12.3. The van der Waals surface area contributed by atoms with Crippen LogP contribution in [0.15, 0.2) is 18.2 Å². The second-order valence-corrected chi connectivity index (χ2v) is 3.94. The minimum atomic E-state index is -0.464. The van der Waals surface area contributed by atoms with Crippen molar-refractivity contribution in [2.75, 3.05) is 11.9 Å². The lowest BCUT2D eigenvalue weighted by atomic mass is 10.2. The van der Waals surface area contributed by atoms with Gasteiger partial charge in [0.05, 0.1) is 29.0 Å². The molecule has 2 rings (SSSR count). The molecule has 1 aromatic carbocycles. The summed E-state index contributed by atoms with van der Waals surface area (Å²) in [5.74, 6) is 0. The zero-order chi connectivity index (χ0) is 13.1. The molecular weight excluding hydrogens is 230 g/mol. The Labute approximate surface area is 105 Å². The number of anilines is 1. The van der Waals surface area contributed by atoms with Crippen molar-refractivity contribution in [3.8, 4) is 0 Å². The van der Waals surface area contributed by atoms with Gasteiger partial charge in [0.2, 0.25) is 0 Å². The van der Waals surface area contributed by atoms with E-state index in [2.05, 4.69) is 15.3 Å². The number of carbonyl (C=O) groups excluding carboxylic acids is 1. The fourth-order valence-corrected chi connectivity index (χ4v) is 1.59. The van der Waals surface area contributed by atoms with Crippen LogP contribution in [0.1, 0.15) is 18.3 Å². The SMILES string of the molecule is CCOC(=O)Nc1ccc2nc(C)c(C)nc2c1. The third kappa shape index (κ3) is 2.56. The second kappa shape index (κ2) is 5.00. The fraction of sp³-hybridized carbons (Fsp3) is 0.308. The van der Waals surface area contributed by atoms with Gasteiger partial charge in [0.15, 0.2) is 0 Å². The molecule has 1 amide bonds. The predicted octanol–water partition coefficient (Wildman–Crippen LogP) is 2.82. The van der Waals surface area contributed by atoms with Crippen LogP contribution in [0.4, 0.5) is 10.5 Å². The lowest BCUT2D eigenvalue weighted by Gasteiger charge is -2.07. The maximum atomic E-state index is 11.3. The molecule has 1 aromatic heterocycles. The van der Waals surface area contributed by atoms with E-state index in [4.69, 9.17) is 4.74 Å². The maximum absolute atomic E-state index is 11.3. The van der Waals surface area contributed by atoms with Crippen LogP contribution in [0, 0.1) is 13.8 Å². The van der Waals surface area contributed by atoms with Crippen molar-refractivity contribution in [2.24, 2.45) is 0 Å². The van der Waals surface area contributed by atoms with E-state index >= 15 is 0 Å². The van der Waals surface area contributed by atoms with E-state index in [0.717, 1.165) is 22.4 Å². The van der Waals surface area contributed by atoms with Gasteiger partial charge in [-0.05, 0) is 39.0 Å². The van der Waals surface area contributed by atoms with E-state index in [0.29, 0.717) is 12.3 Å². The normalized spacial score (nSPS) is 10.4. The van der Waals surface area contributed by atoms with Gasteiger partial charge in [0, 0.05) is 5.69 Å². The van der Waals surface area contributed by atoms with E-state index in [-0.39, 0.29) is 0 Å². The molecular formula is C13H15N3O2. The molecule has 5 nitrogen and oxygen atoms in total. The highest BCUT2D eigenvalue weighted by Gasteiger charge is 2.05. The van der Waals surface area contributed by atoms with Crippen LogP contribution in [0.25, 0.3) is 11.0 Å². The number of rotatable bonds is 2. The van der Waals surface area contributed by atoms with Crippen molar-refractivity contribution in [3.05, 3.63) is 29.6 Å². The topological polar surface area (TPSA) is 64.1 Å². The Bertz CT molecular complexity index is 596. The number of hydrogen-bond donors (Lipinski definition) is 1. The summed E-state index contributed by atoms with van der Waals surface area (Å²) in [6.45, 7) is 5.94. The molecule has 18 heavy (non-hydrogen) atoms. The molecule has 0 radical (unpaired) electrons. The van der Waals surface area contributed by atoms with Crippen LogP contribution < -0.4 is 5.32 Å². The monoisotopic (exact) mass is 245 g/mol. The largest absolute Gasteiger partial charge is 0.450 e. The van der Waals surface area contributed by atoms with Crippen molar-refractivity contribution in [3.63, 3.8) is 0 Å². The van der Waals surface area contributed by atoms with E-state index in [1.54, 1.807) is 19.1 Å². The molecule has 0 aliphatic heterocycles. The standard InChI is InChI=1S/C13H15N3O2/c1-4-18-13(17)16-10-5-6-11-12(7-10)15-9(3)8(2)14-11/h5-7H,4H2,1-3H3,(H,16,17). The number of ether oxygens (including phenoxy) is 1. The predicted molar refractivity (Wildman–Crippen MR) is 69.7 cm³/mol. The molecule has 0 fully saturated rings. The van der Waals surface area contributed by atoms with Gasteiger partial charge in [-0.15, -0.1) is 0 Å². The summed E-state index contributed by atoms with van der Waals surface area (Å²) in [5.41, 5.74) is 4.02. The summed E-state index contributed by atoms with van der Waals surface area (Å²) in [6, 6.07) is 5.39. The lowest BCUT2D eigenvalue weighted by Crippen LogP contribution is -2.13. The molecule has 5 heteroatoms. The zero-order valence-corrected chi connectivity index (χ0v) is 10.7. The van der Waals surface area contributed by atoms with Crippen molar-refractivity contribution >= 4 is 22.8 Å². The maximum Gasteiger partial charge on any atom is 0.411 e. The number of hydrogen-bond acceptors (Lipinski definition) is 4. The van der Waals surface area contributed by atoms with Crippen molar-refractivity contribution in [1.82, 2.24) is 9.97 Å². The minimum absolute atomic E-state index is 0.345. The molecule has 94 valence electrons. The first-order valence-electron chi connectivity index (χ1n) is 5.79. The Morgan fingerprint density at radius 2 is 1.89 bits per heavy atom. The third-order valence-corrected chi connectivity index (χ3v) is 2.60. The Hall–Kier alpha value is -2.17. The number of benzene rings is 1. The first-order valence-corrected chi connectivity index (χ1v) is 5.79. The average Bonchev–Trinajstić information content (AvgIpc) is 2.31. The van der Waals surface area contributed by atoms with E-state index < -0.39 is 6.09 Å². The number of nitrogens with one attached hydrogen (secondary N) is 1. The summed E-state index contributed by atoms with van der Waals surface area (Å²) >= 11 is 0. The highest BCUT2D eigenvalue weighted by molar-refractivity contribution is 5.88. The minimum Gasteiger partial charge on any atom is -0.450 e. The first-order chi connectivity index (χ1) is 8.60. The highest BCUT2D eigenvalue weighted by atomic mass is 16.5. The van der Waals surface area contributed by atoms with Gasteiger partial charge in [-0.3, -0.25) is 5.32 Å². The highest BCUT2D eigenvalue weighted by Crippen LogP contribution is 2.17. The average molecular weight is 245 g/mol. The molecule has 0 spiro atoms. The summed E-state index contributed by atoms with van der Waals surface area (Å²) < 4.78 is 4.81. The van der Waals surface area contributed by atoms with Crippen LogP contribution in [0.3, 0.4) is 0 Å². The van der Waals surface area contributed by atoms with Gasteiger partial charge in [-0.1, -0.05) is 0 Å². The van der Waals surface area contributed by atoms with Crippen LogP contribution in [0.5, 0.6) is 0 Å². The molecule has 0 saturated carbocycles. The number of carbonyl (C=O) groups is 1. The fourth-order valence-electron chi connectivity index (χ4n) is 1.59. The number of amides is 1. The molecule has 0 bridgehead atoms. The molecule has 1 N–H and O–H groups in total. The van der Waals surface area contributed by atoms with Gasteiger partial charge in [-0.2, -0.15) is 0 Å². The Morgan fingerprint density at radius 3 is 2.56 bits per heavy atom. The number of fused-ring (bicyclic) bond motifs is 1.